The summed E-state index contributed by atoms with van der Waals surface area (Å²) in [5, 5.41) is 3.31. The molecule has 0 unspecified atom stereocenters. The van der Waals surface area contributed by atoms with E-state index in [4.69, 9.17) is 17.3 Å². The Bertz CT molecular complexity index is 432. The molecule has 3 nitrogen and oxygen atoms in total. The Morgan fingerprint density at radius 1 is 1.25 bits per heavy atom. The van der Waals surface area contributed by atoms with Gasteiger partial charge in [0.2, 0.25) is 0 Å². The molecule has 0 aliphatic carbocycles. The van der Waals surface area contributed by atoms with Gasteiger partial charge in [0.05, 0.1) is 16.3 Å². The van der Waals surface area contributed by atoms with Crippen LogP contribution < -0.4 is 11.1 Å². The van der Waals surface area contributed by atoms with Gasteiger partial charge >= 0.3 is 0 Å². The van der Waals surface area contributed by atoms with Gasteiger partial charge in [0, 0.05) is 6.54 Å². The van der Waals surface area contributed by atoms with Crippen molar-refractivity contribution < 1.29 is 4.79 Å². The molecule has 0 saturated heterocycles. The number of rotatable bonds is 8. The van der Waals surface area contributed by atoms with Gasteiger partial charge < -0.3 is 11.1 Å². The summed E-state index contributed by atoms with van der Waals surface area (Å²) in [7, 11) is 0. The van der Waals surface area contributed by atoms with Gasteiger partial charge in [-0.05, 0) is 24.5 Å². The fourth-order valence-electron chi connectivity index (χ4n) is 2.06. The second-order valence-electron chi connectivity index (χ2n) is 5.55. The fraction of sp³-hybridized carbons (Fsp3) is 0.562. The molecule has 0 heterocycles. The Labute approximate surface area is 126 Å². The lowest BCUT2D eigenvalue weighted by atomic mass is 10.0. The maximum Gasteiger partial charge on any atom is 0.253 e. The highest BCUT2D eigenvalue weighted by Crippen LogP contribution is 2.22. The predicted octanol–water partition coefficient (Wildman–Crippen LogP) is 4.26. The van der Waals surface area contributed by atoms with Crippen LogP contribution in [-0.2, 0) is 0 Å². The van der Waals surface area contributed by atoms with E-state index in [1.165, 1.54) is 19.3 Å². The highest BCUT2D eigenvalue weighted by Gasteiger charge is 2.10. The lowest BCUT2D eigenvalue weighted by molar-refractivity contribution is 0.0954. The van der Waals surface area contributed by atoms with Gasteiger partial charge in [-0.25, -0.2) is 0 Å². The Morgan fingerprint density at radius 3 is 2.65 bits per heavy atom. The number of carbonyl (C=O) groups is 1. The van der Waals surface area contributed by atoms with Crippen molar-refractivity contribution in [2.75, 3.05) is 12.3 Å². The van der Waals surface area contributed by atoms with E-state index < -0.39 is 0 Å². The average Bonchev–Trinajstić information content (AvgIpc) is 2.40. The Hall–Kier alpha value is -1.22. The van der Waals surface area contributed by atoms with Crippen LogP contribution >= 0.6 is 11.6 Å². The van der Waals surface area contributed by atoms with Crippen molar-refractivity contribution in [3.63, 3.8) is 0 Å². The van der Waals surface area contributed by atoms with Crippen LogP contribution in [0.3, 0.4) is 0 Å². The van der Waals surface area contributed by atoms with Crippen molar-refractivity contribution in [3.05, 3.63) is 28.8 Å². The number of nitrogens with one attached hydrogen (secondary N) is 1. The highest BCUT2D eigenvalue weighted by molar-refractivity contribution is 6.33. The first-order chi connectivity index (χ1) is 9.52. The number of nitrogens with two attached hydrogens (primary N) is 1. The molecule has 0 saturated carbocycles. The van der Waals surface area contributed by atoms with Gasteiger partial charge in [-0.1, -0.05) is 57.2 Å². The molecule has 1 aromatic carbocycles. The summed E-state index contributed by atoms with van der Waals surface area (Å²) in [5.74, 6) is 0.632. The molecule has 3 N–H and O–H groups in total. The molecular formula is C16H25ClN2O. The number of anilines is 1. The molecule has 0 aromatic heterocycles. The van der Waals surface area contributed by atoms with E-state index in [1.54, 1.807) is 18.2 Å². The molecule has 0 aliphatic heterocycles. The minimum absolute atomic E-state index is 0.146. The minimum Gasteiger partial charge on any atom is -0.397 e. The third-order valence-electron chi connectivity index (χ3n) is 3.29. The van der Waals surface area contributed by atoms with Crippen LogP contribution in [0.5, 0.6) is 0 Å². The molecule has 0 fully saturated rings. The summed E-state index contributed by atoms with van der Waals surface area (Å²) >= 11 is 5.90. The topological polar surface area (TPSA) is 55.1 Å². The smallest absolute Gasteiger partial charge is 0.253 e. The number of nitrogen functional groups attached to an aromatic ring is 1. The summed E-state index contributed by atoms with van der Waals surface area (Å²) in [6, 6.07) is 5.11. The van der Waals surface area contributed by atoms with Crippen LogP contribution in [0.2, 0.25) is 5.02 Å². The molecule has 0 radical (unpaired) electrons. The number of para-hydroxylation sites is 1. The van der Waals surface area contributed by atoms with Gasteiger partial charge in [0.15, 0.2) is 0 Å². The van der Waals surface area contributed by atoms with Crippen LogP contribution in [0, 0.1) is 5.92 Å². The number of carbonyl (C=O) groups excluding carboxylic acids is 1. The van der Waals surface area contributed by atoms with E-state index in [9.17, 15) is 4.79 Å². The van der Waals surface area contributed by atoms with Gasteiger partial charge in [-0.2, -0.15) is 0 Å². The summed E-state index contributed by atoms with van der Waals surface area (Å²) < 4.78 is 0. The van der Waals surface area contributed by atoms with E-state index in [0.717, 1.165) is 18.8 Å². The molecule has 1 amide bonds. The van der Waals surface area contributed by atoms with Crippen molar-refractivity contribution in [2.24, 2.45) is 5.92 Å². The quantitative estimate of drug-likeness (QED) is 0.556. The van der Waals surface area contributed by atoms with Crippen molar-refractivity contribution in [1.82, 2.24) is 5.32 Å². The maximum absolute atomic E-state index is 11.9. The van der Waals surface area contributed by atoms with Crippen LogP contribution in [-0.4, -0.2) is 12.5 Å². The van der Waals surface area contributed by atoms with Crippen molar-refractivity contribution in [2.45, 2.75) is 46.0 Å². The normalized spacial score (nSPS) is 10.8. The number of unbranched alkanes of at least 4 members (excludes halogenated alkanes) is 3. The number of hydrogen-bond donors (Lipinski definition) is 2. The summed E-state index contributed by atoms with van der Waals surface area (Å²) in [4.78, 5) is 11.9. The van der Waals surface area contributed by atoms with E-state index >= 15 is 0 Å². The highest BCUT2D eigenvalue weighted by atomic mass is 35.5. The lowest BCUT2D eigenvalue weighted by Crippen LogP contribution is -2.25. The zero-order valence-electron chi connectivity index (χ0n) is 12.4. The number of amides is 1. The van der Waals surface area contributed by atoms with Crippen LogP contribution in [0.1, 0.15) is 56.3 Å². The van der Waals surface area contributed by atoms with Crippen molar-refractivity contribution in [1.29, 1.82) is 0 Å². The molecule has 0 spiro atoms. The van der Waals surface area contributed by atoms with E-state index in [-0.39, 0.29) is 5.91 Å². The lowest BCUT2D eigenvalue weighted by Gasteiger charge is -2.08. The van der Waals surface area contributed by atoms with E-state index in [2.05, 4.69) is 19.2 Å². The molecule has 1 rings (SSSR count). The Balaban J connectivity index is 2.22. The second-order valence-corrected chi connectivity index (χ2v) is 5.96. The minimum atomic E-state index is -0.146. The predicted molar refractivity (Wildman–Crippen MR) is 86.1 cm³/mol. The molecule has 112 valence electrons. The molecule has 1 aromatic rings. The molecular weight excluding hydrogens is 272 g/mol. The summed E-state index contributed by atoms with van der Waals surface area (Å²) in [6.45, 7) is 5.18. The third-order valence-corrected chi connectivity index (χ3v) is 3.62. The van der Waals surface area contributed by atoms with Crippen LogP contribution in [0.25, 0.3) is 0 Å². The molecule has 20 heavy (non-hydrogen) atoms. The van der Waals surface area contributed by atoms with Crippen molar-refractivity contribution >= 4 is 23.2 Å². The zero-order chi connectivity index (χ0) is 15.0. The SMILES string of the molecule is CC(C)CCCCCCNC(=O)c1cccc(Cl)c1N. The molecule has 0 aliphatic rings. The average molecular weight is 297 g/mol. The molecule has 0 bridgehead atoms. The first kappa shape index (κ1) is 16.8. The first-order valence-electron chi connectivity index (χ1n) is 7.34. The number of hydrogen-bond acceptors (Lipinski definition) is 2. The zero-order valence-corrected chi connectivity index (χ0v) is 13.2. The van der Waals surface area contributed by atoms with Crippen LogP contribution in [0.15, 0.2) is 18.2 Å². The van der Waals surface area contributed by atoms with E-state index in [1.807, 2.05) is 0 Å². The fourth-order valence-corrected chi connectivity index (χ4v) is 2.24. The largest absolute Gasteiger partial charge is 0.397 e. The molecule has 0 atom stereocenters. The van der Waals surface area contributed by atoms with Gasteiger partial charge in [-0.15, -0.1) is 0 Å². The monoisotopic (exact) mass is 296 g/mol. The van der Waals surface area contributed by atoms with Crippen molar-refractivity contribution in [3.8, 4) is 0 Å². The van der Waals surface area contributed by atoms with Crippen LogP contribution in [0.4, 0.5) is 5.69 Å². The first-order valence-corrected chi connectivity index (χ1v) is 7.72. The Morgan fingerprint density at radius 2 is 1.95 bits per heavy atom. The number of benzene rings is 1. The summed E-state index contributed by atoms with van der Waals surface area (Å²) in [6.07, 6.45) is 5.94. The maximum atomic E-state index is 11.9. The second kappa shape index (κ2) is 8.85. The van der Waals surface area contributed by atoms with Gasteiger partial charge in [0.1, 0.15) is 0 Å². The van der Waals surface area contributed by atoms with Gasteiger partial charge in [-0.3, -0.25) is 4.79 Å². The third kappa shape index (κ3) is 5.83. The van der Waals surface area contributed by atoms with Gasteiger partial charge in [0.25, 0.3) is 5.91 Å². The van der Waals surface area contributed by atoms with E-state index in [0.29, 0.717) is 22.8 Å². The molecule has 4 heteroatoms. The Kier molecular flexibility index (Phi) is 7.45. The standard InChI is InChI=1S/C16H25ClN2O/c1-12(2)8-5-3-4-6-11-19-16(20)13-9-7-10-14(17)15(13)18/h7,9-10,12H,3-6,8,11,18H2,1-2H3,(H,19,20). The number of halogens is 1. The summed E-state index contributed by atoms with van der Waals surface area (Å²) in [5.41, 5.74) is 6.60.